The highest BCUT2D eigenvalue weighted by atomic mass is 35.5. The number of anilines is 2. The molecule has 1 atom stereocenters. The first-order valence-corrected chi connectivity index (χ1v) is 4.69. The molecule has 0 bridgehead atoms. The summed E-state index contributed by atoms with van der Waals surface area (Å²) in [4.78, 5) is 7.68. The summed E-state index contributed by atoms with van der Waals surface area (Å²) in [5, 5.41) is 3.10. The Hall–Kier alpha value is -1.07. The third-order valence-electron chi connectivity index (χ3n) is 1.75. The molecule has 6 heteroatoms. The fraction of sp³-hybridized carbons (Fsp3) is 0.500. The minimum Gasteiger partial charge on any atom is -0.383 e. The van der Waals surface area contributed by atoms with Crippen molar-refractivity contribution < 1.29 is 0 Å². The zero-order valence-corrected chi connectivity index (χ0v) is 8.92. The average molecular weight is 216 g/mol. The highest BCUT2D eigenvalue weighted by Crippen LogP contribution is 2.13. The quantitative estimate of drug-likeness (QED) is 0.518. The second-order valence-electron chi connectivity index (χ2n) is 3.36. The second kappa shape index (κ2) is 4.43. The summed E-state index contributed by atoms with van der Waals surface area (Å²) in [5.74, 6) is 1.16. The Balaban J connectivity index is 2.76. The second-order valence-corrected chi connectivity index (χ2v) is 3.70. The largest absolute Gasteiger partial charge is 0.383 e. The first kappa shape index (κ1) is 11.0. The number of halogens is 1. The Labute approximate surface area is 87.9 Å². The smallest absolute Gasteiger partial charge is 0.226 e. The van der Waals surface area contributed by atoms with Gasteiger partial charge in [-0.2, -0.15) is 0 Å². The lowest BCUT2D eigenvalue weighted by Gasteiger charge is -2.17. The van der Waals surface area contributed by atoms with E-state index in [1.165, 1.54) is 0 Å². The molecule has 14 heavy (non-hydrogen) atoms. The predicted molar refractivity (Wildman–Crippen MR) is 57.9 cm³/mol. The first-order valence-electron chi connectivity index (χ1n) is 4.31. The van der Waals surface area contributed by atoms with Gasteiger partial charge in [0.25, 0.3) is 0 Å². The van der Waals surface area contributed by atoms with Gasteiger partial charge < -0.3 is 16.8 Å². The van der Waals surface area contributed by atoms with E-state index in [1.807, 2.05) is 13.8 Å². The van der Waals surface area contributed by atoms with E-state index >= 15 is 0 Å². The summed E-state index contributed by atoms with van der Waals surface area (Å²) < 4.78 is 0. The Morgan fingerprint density at radius 2 is 2.07 bits per heavy atom. The number of nitrogens with zero attached hydrogens (tertiary/aromatic N) is 2. The lowest BCUT2D eigenvalue weighted by Crippen LogP contribution is -2.35. The van der Waals surface area contributed by atoms with E-state index in [0.717, 1.165) is 0 Å². The minimum absolute atomic E-state index is 0.114. The van der Waals surface area contributed by atoms with Crippen LogP contribution < -0.4 is 16.8 Å². The number of nitrogens with one attached hydrogen (secondary N) is 1. The van der Waals surface area contributed by atoms with Gasteiger partial charge in [0.05, 0.1) is 6.17 Å². The van der Waals surface area contributed by atoms with Crippen molar-refractivity contribution >= 4 is 23.2 Å². The molecule has 1 unspecified atom stereocenters. The van der Waals surface area contributed by atoms with Gasteiger partial charge >= 0.3 is 0 Å². The number of hydrogen-bond donors (Lipinski definition) is 3. The zero-order chi connectivity index (χ0) is 10.7. The third-order valence-corrected chi connectivity index (χ3v) is 1.92. The molecule has 0 aliphatic rings. The summed E-state index contributed by atoms with van der Waals surface area (Å²) in [6, 6.07) is 1.59. The van der Waals surface area contributed by atoms with Crippen molar-refractivity contribution in [3.63, 3.8) is 0 Å². The number of nitrogens with two attached hydrogens (primary N) is 2. The van der Waals surface area contributed by atoms with Gasteiger partial charge in [-0.3, -0.25) is 0 Å². The molecule has 0 aliphatic carbocycles. The third kappa shape index (κ3) is 3.01. The molecular formula is C8H14ClN5. The van der Waals surface area contributed by atoms with E-state index in [-0.39, 0.29) is 11.4 Å². The lowest BCUT2D eigenvalue weighted by molar-refractivity contribution is 0.538. The summed E-state index contributed by atoms with van der Waals surface area (Å²) in [7, 11) is 0. The van der Waals surface area contributed by atoms with Gasteiger partial charge in [-0.15, -0.1) is 0 Å². The van der Waals surface area contributed by atoms with E-state index in [1.54, 1.807) is 6.07 Å². The normalized spacial score (nSPS) is 12.9. The minimum atomic E-state index is -0.180. The maximum atomic E-state index is 5.79. The van der Waals surface area contributed by atoms with Crippen LogP contribution >= 0.6 is 11.6 Å². The van der Waals surface area contributed by atoms with E-state index in [0.29, 0.717) is 17.6 Å². The van der Waals surface area contributed by atoms with Gasteiger partial charge in [-0.25, -0.2) is 9.97 Å². The number of aromatic nitrogens is 2. The highest BCUT2D eigenvalue weighted by Gasteiger charge is 2.08. The maximum Gasteiger partial charge on any atom is 0.226 e. The monoisotopic (exact) mass is 215 g/mol. The Bertz CT molecular complexity index is 294. The van der Waals surface area contributed by atoms with Crippen molar-refractivity contribution in [3.05, 3.63) is 11.3 Å². The molecule has 1 heterocycles. The summed E-state index contributed by atoms with van der Waals surface area (Å²) in [6.45, 7) is 4.01. The molecule has 0 aliphatic heterocycles. The van der Waals surface area contributed by atoms with Gasteiger partial charge in [0.15, 0.2) is 0 Å². The topological polar surface area (TPSA) is 89.8 Å². The van der Waals surface area contributed by atoms with Crippen LogP contribution in [0.2, 0.25) is 5.28 Å². The first-order chi connectivity index (χ1) is 6.49. The molecule has 0 saturated carbocycles. The van der Waals surface area contributed by atoms with E-state index in [2.05, 4.69) is 15.3 Å². The van der Waals surface area contributed by atoms with Gasteiger partial charge in [0.2, 0.25) is 5.28 Å². The number of rotatable bonds is 3. The van der Waals surface area contributed by atoms with Crippen LogP contribution in [0.3, 0.4) is 0 Å². The lowest BCUT2D eigenvalue weighted by atomic mass is 10.2. The molecule has 78 valence electrons. The maximum absolute atomic E-state index is 5.79. The average Bonchev–Trinajstić information content (AvgIpc) is 2.01. The molecule has 0 amide bonds. The molecule has 1 aromatic rings. The Kier molecular flexibility index (Phi) is 3.49. The molecule has 0 aromatic carbocycles. The van der Waals surface area contributed by atoms with Crippen LogP contribution in [-0.4, -0.2) is 16.1 Å². The van der Waals surface area contributed by atoms with Gasteiger partial charge in [-0.1, -0.05) is 13.8 Å². The van der Waals surface area contributed by atoms with Crippen molar-refractivity contribution in [1.29, 1.82) is 0 Å². The Morgan fingerprint density at radius 3 is 2.57 bits per heavy atom. The van der Waals surface area contributed by atoms with Gasteiger partial charge in [0.1, 0.15) is 11.6 Å². The fourth-order valence-electron chi connectivity index (χ4n) is 0.847. The zero-order valence-electron chi connectivity index (χ0n) is 8.16. The van der Waals surface area contributed by atoms with Crippen LogP contribution in [-0.2, 0) is 0 Å². The number of nitrogen functional groups attached to an aromatic ring is 1. The molecule has 0 radical (unpaired) electrons. The van der Waals surface area contributed by atoms with Crippen LogP contribution in [0.5, 0.6) is 0 Å². The molecule has 5 N–H and O–H groups in total. The Morgan fingerprint density at radius 1 is 1.43 bits per heavy atom. The number of hydrogen-bond acceptors (Lipinski definition) is 5. The summed E-state index contributed by atoms with van der Waals surface area (Å²) >= 11 is 5.63. The van der Waals surface area contributed by atoms with Gasteiger partial charge in [-0.05, 0) is 17.5 Å². The fourth-order valence-corrected chi connectivity index (χ4v) is 1.04. The van der Waals surface area contributed by atoms with Crippen molar-refractivity contribution in [2.75, 3.05) is 11.1 Å². The van der Waals surface area contributed by atoms with E-state index < -0.39 is 0 Å². The van der Waals surface area contributed by atoms with Crippen molar-refractivity contribution in [3.8, 4) is 0 Å². The van der Waals surface area contributed by atoms with E-state index in [4.69, 9.17) is 23.1 Å². The SMILES string of the molecule is CC(C)C(N)Nc1cc(N)nc(Cl)n1. The molecule has 0 spiro atoms. The van der Waals surface area contributed by atoms with Crippen molar-refractivity contribution in [2.24, 2.45) is 11.7 Å². The van der Waals surface area contributed by atoms with E-state index in [9.17, 15) is 0 Å². The molecule has 1 rings (SSSR count). The molecule has 1 aromatic heterocycles. The highest BCUT2D eigenvalue weighted by molar-refractivity contribution is 6.28. The predicted octanol–water partition coefficient (Wildman–Crippen LogP) is 1.06. The molecule has 0 fully saturated rings. The van der Waals surface area contributed by atoms with Crippen LogP contribution in [0.25, 0.3) is 0 Å². The molecule has 5 nitrogen and oxygen atoms in total. The summed E-state index contributed by atoms with van der Waals surface area (Å²) in [5.41, 5.74) is 11.3. The molecular weight excluding hydrogens is 202 g/mol. The van der Waals surface area contributed by atoms with Crippen LogP contribution in [0.1, 0.15) is 13.8 Å². The van der Waals surface area contributed by atoms with Crippen LogP contribution in [0.15, 0.2) is 6.07 Å². The standard InChI is InChI=1S/C8H14ClN5/c1-4(2)7(11)13-6-3-5(10)12-8(9)14-6/h3-4,7H,11H2,1-2H3,(H3,10,12,13,14). The van der Waals surface area contributed by atoms with Crippen molar-refractivity contribution in [2.45, 2.75) is 20.0 Å². The van der Waals surface area contributed by atoms with Gasteiger partial charge in [0, 0.05) is 6.07 Å². The summed E-state index contributed by atoms with van der Waals surface area (Å²) in [6.07, 6.45) is -0.180. The van der Waals surface area contributed by atoms with Crippen LogP contribution in [0.4, 0.5) is 11.6 Å². The molecule has 0 saturated heterocycles. The van der Waals surface area contributed by atoms with Crippen LogP contribution in [0, 0.1) is 5.92 Å². The van der Waals surface area contributed by atoms with Crippen molar-refractivity contribution in [1.82, 2.24) is 9.97 Å².